The number of carbonyl (C=O) groups excluding carboxylic acids is 1. The zero-order valence-corrected chi connectivity index (χ0v) is 13.3. The number of thioether (sulfide) groups is 1. The van der Waals surface area contributed by atoms with E-state index in [4.69, 9.17) is 17.3 Å². The Morgan fingerprint density at radius 2 is 2.30 bits per heavy atom. The molecule has 1 fully saturated rings. The molecule has 1 aromatic carbocycles. The number of benzene rings is 1. The van der Waals surface area contributed by atoms with Gasteiger partial charge in [-0.25, -0.2) is 0 Å². The number of rotatable bonds is 4. The van der Waals surface area contributed by atoms with Crippen molar-refractivity contribution in [3.63, 3.8) is 0 Å². The molecule has 0 radical (unpaired) electrons. The van der Waals surface area contributed by atoms with Crippen molar-refractivity contribution < 1.29 is 4.79 Å². The fourth-order valence-electron chi connectivity index (χ4n) is 2.61. The maximum Gasteiger partial charge on any atom is 0.233 e. The quantitative estimate of drug-likeness (QED) is 0.679. The summed E-state index contributed by atoms with van der Waals surface area (Å²) in [6.07, 6.45) is 4.52. The van der Waals surface area contributed by atoms with Gasteiger partial charge in [-0.1, -0.05) is 18.5 Å². The Hall–Kier alpha value is -0.870. The molecule has 1 atom stereocenters. The lowest BCUT2D eigenvalue weighted by Gasteiger charge is -2.35. The summed E-state index contributed by atoms with van der Waals surface area (Å²) in [5.41, 5.74) is 6.43. The predicted molar refractivity (Wildman–Crippen MR) is 86.2 cm³/mol. The highest BCUT2D eigenvalue weighted by molar-refractivity contribution is 8.00. The fraction of sp³-hybridized carbons (Fsp3) is 0.533. The van der Waals surface area contributed by atoms with Crippen LogP contribution in [0.15, 0.2) is 23.1 Å². The van der Waals surface area contributed by atoms with E-state index < -0.39 is 0 Å². The predicted octanol–water partition coefficient (Wildman–Crippen LogP) is 3.81. The molecular formula is C15H21ClN2OS. The standard InChI is InChI=1S/C15H21ClN2OS/c1-2-12-5-3-4-8-18(12)15(19)10-20-14-9-11(17)6-7-13(14)16/h6-7,9,12H,2-5,8,10,17H2,1H3. The van der Waals surface area contributed by atoms with Crippen molar-refractivity contribution in [1.29, 1.82) is 0 Å². The van der Waals surface area contributed by atoms with E-state index in [1.54, 1.807) is 12.1 Å². The second-order valence-corrected chi connectivity index (χ2v) is 6.55. The number of nitrogen functional groups attached to an aromatic ring is 1. The van der Waals surface area contributed by atoms with Crippen molar-refractivity contribution in [2.24, 2.45) is 0 Å². The lowest BCUT2D eigenvalue weighted by Crippen LogP contribution is -2.44. The third kappa shape index (κ3) is 3.83. The van der Waals surface area contributed by atoms with Crippen LogP contribution in [0.25, 0.3) is 0 Å². The van der Waals surface area contributed by atoms with E-state index in [2.05, 4.69) is 6.92 Å². The van der Waals surface area contributed by atoms with Crippen LogP contribution in [0.2, 0.25) is 5.02 Å². The molecule has 1 amide bonds. The van der Waals surface area contributed by atoms with Crippen LogP contribution in [0, 0.1) is 0 Å². The first-order valence-corrected chi connectivity index (χ1v) is 8.45. The Bertz CT molecular complexity index is 481. The summed E-state index contributed by atoms with van der Waals surface area (Å²) in [4.78, 5) is 15.3. The number of carbonyl (C=O) groups is 1. The first-order chi connectivity index (χ1) is 9.61. The lowest BCUT2D eigenvalue weighted by molar-refractivity contribution is -0.132. The van der Waals surface area contributed by atoms with Gasteiger partial charge in [-0.2, -0.15) is 0 Å². The van der Waals surface area contributed by atoms with E-state index >= 15 is 0 Å². The van der Waals surface area contributed by atoms with Gasteiger partial charge in [-0.3, -0.25) is 4.79 Å². The maximum absolute atomic E-state index is 12.4. The minimum absolute atomic E-state index is 0.208. The van der Waals surface area contributed by atoms with Crippen LogP contribution < -0.4 is 5.73 Å². The molecule has 110 valence electrons. The summed E-state index contributed by atoms with van der Waals surface area (Å²) < 4.78 is 0. The molecule has 0 bridgehead atoms. The van der Waals surface area contributed by atoms with Gasteiger partial charge in [0.2, 0.25) is 5.91 Å². The molecule has 0 aliphatic carbocycles. The van der Waals surface area contributed by atoms with Crippen LogP contribution in [0.5, 0.6) is 0 Å². The molecule has 1 aliphatic rings. The third-order valence-corrected chi connectivity index (χ3v) is 5.21. The normalized spacial score (nSPS) is 19.1. The molecule has 1 heterocycles. The Morgan fingerprint density at radius 3 is 3.05 bits per heavy atom. The molecule has 2 rings (SSSR count). The molecule has 0 saturated carbocycles. The molecule has 5 heteroatoms. The van der Waals surface area contributed by atoms with Crippen LogP contribution >= 0.6 is 23.4 Å². The topological polar surface area (TPSA) is 46.3 Å². The van der Waals surface area contributed by atoms with Crippen molar-refractivity contribution in [2.75, 3.05) is 18.0 Å². The van der Waals surface area contributed by atoms with Gasteiger partial charge in [0.05, 0.1) is 10.8 Å². The lowest BCUT2D eigenvalue weighted by atomic mass is 10.0. The van der Waals surface area contributed by atoms with E-state index in [9.17, 15) is 4.79 Å². The summed E-state index contributed by atoms with van der Waals surface area (Å²) in [5, 5.41) is 0.655. The second-order valence-electron chi connectivity index (χ2n) is 5.12. The van der Waals surface area contributed by atoms with Crippen molar-refractivity contribution in [1.82, 2.24) is 4.90 Å². The molecular weight excluding hydrogens is 292 g/mol. The minimum atomic E-state index is 0.208. The van der Waals surface area contributed by atoms with Crippen LogP contribution in [0.4, 0.5) is 5.69 Å². The Labute approximate surface area is 129 Å². The zero-order chi connectivity index (χ0) is 14.5. The first kappa shape index (κ1) is 15.5. The van der Waals surface area contributed by atoms with E-state index in [1.165, 1.54) is 18.2 Å². The average Bonchev–Trinajstić information content (AvgIpc) is 2.47. The molecule has 20 heavy (non-hydrogen) atoms. The van der Waals surface area contributed by atoms with Crippen molar-refractivity contribution in [3.8, 4) is 0 Å². The van der Waals surface area contributed by atoms with Gasteiger partial charge >= 0.3 is 0 Å². The molecule has 1 aliphatic heterocycles. The van der Waals surface area contributed by atoms with E-state index in [1.807, 2.05) is 11.0 Å². The number of likely N-dealkylation sites (tertiary alicyclic amines) is 1. The van der Waals surface area contributed by atoms with E-state index in [0.717, 1.165) is 30.7 Å². The number of nitrogens with zero attached hydrogens (tertiary/aromatic N) is 1. The molecule has 2 N–H and O–H groups in total. The molecule has 1 unspecified atom stereocenters. The summed E-state index contributed by atoms with van der Waals surface area (Å²) >= 11 is 7.59. The second kappa shape index (κ2) is 7.23. The van der Waals surface area contributed by atoms with Crippen LogP contribution in [0.3, 0.4) is 0 Å². The highest BCUT2D eigenvalue weighted by atomic mass is 35.5. The highest BCUT2D eigenvalue weighted by Crippen LogP contribution is 2.30. The van der Waals surface area contributed by atoms with E-state index in [0.29, 0.717) is 22.5 Å². The van der Waals surface area contributed by atoms with Gasteiger partial charge in [-0.05, 0) is 43.9 Å². The Kier molecular flexibility index (Phi) is 5.61. The average molecular weight is 313 g/mol. The van der Waals surface area contributed by atoms with Gasteiger partial charge in [0, 0.05) is 23.2 Å². The molecule has 0 aromatic heterocycles. The number of hydrogen-bond donors (Lipinski definition) is 1. The third-order valence-electron chi connectivity index (χ3n) is 3.73. The Balaban J connectivity index is 1.95. The molecule has 3 nitrogen and oxygen atoms in total. The summed E-state index contributed by atoms with van der Waals surface area (Å²) in [6, 6.07) is 5.78. The van der Waals surface area contributed by atoms with Gasteiger partial charge in [-0.15, -0.1) is 11.8 Å². The van der Waals surface area contributed by atoms with E-state index in [-0.39, 0.29) is 5.91 Å². The van der Waals surface area contributed by atoms with Gasteiger partial charge < -0.3 is 10.6 Å². The van der Waals surface area contributed by atoms with Crippen LogP contribution in [0.1, 0.15) is 32.6 Å². The van der Waals surface area contributed by atoms with Gasteiger partial charge in [0.1, 0.15) is 0 Å². The van der Waals surface area contributed by atoms with Crippen LogP contribution in [-0.2, 0) is 4.79 Å². The number of anilines is 1. The number of piperidine rings is 1. The van der Waals surface area contributed by atoms with Crippen LogP contribution in [-0.4, -0.2) is 29.1 Å². The zero-order valence-electron chi connectivity index (χ0n) is 11.8. The first-order valence-electron chi connectivity index (χ1n) is 7.09. The molecule has 0 spiro atoms. The highest BCUT2D eigenvalue weighted by Gasteiger charge is 2.25. The molecule has 1 saturated heterocycles. The number of hydrogen-bond acceptors (Lipinski definition) is 3. The summed E-state index contributed by atoms with van der Waals surface area (Å²) in [6.45, 7) is 3.04. The fourth-order valence-corrected chi connectivity index (χ4v) is 3.76. The van der Waals surface area contributed by atoms with Gasteiger partial charge in [0.15, 0.2) is 0 Å². The maximum atomic E-state index is 12.4. The number of amides is 1. The SMILES string of the molecule is CCC1CCCCN1C(=O)CSc1cc(N)ccc1Cl. The minimum Gasteiger partial charge on any atom is -0.399 e. The van der Waals surface area contributed by atoms with Crippen molar-refractivity contribution >= 4 is 35.0 Å². The summed E-state index contributed by atoms with van der Waals surface area (Å²) in [7, 11) is 0. The summed E-state index contributed by atoms with van der Waals surface area (Å²) in [5.74, 6) is 0.639. The smallest absolute Gasteiger partial charge is 0.233 e. The number of halogens is 1. The Morgan fingerprint density at radius 1 is 1.50 bits per heavy atom. The van der Waals surface area contributed by atoms with Gasteiger partial charge in [0.25, 0.3) is 0 Å². The largest absolute Gasteiger partial charge is 0.399 e. The van der Waals surface area contributed by atoms with Crippen molar-refractivity contribution in [3.05, 3.63) is 23.2 Å². The molecule has 1 aromatic rings. The monoisotopic (exact) mass is 312 g/mol. The number of nitrogens with two attached hydrogens (primary N) is 1. The van der Waals surface area contributed by atoms with Crippen molar-refractivity contribution in [2.45, 2.75) is 43.5 Å².